The number of nitrogens with zero attached hydrogens (tertiary/aromatic N) is 1. The van der Waals surface area contributed by atoms with Gasteiger partial charge in [-0.15, -0.1) is 0 Å². The minimum Gasteiger partial charge on any atom is -0.481 e. The number of urea groups is 1. The minimum atomic E-state index is -4.47. The summed E-state index contributed by atoms with van der Waals surface area (Å²) in [5.74, 6) is -1.74. The Labute approximate surface area is 121 Å². The number of carboxylic acids is 1. The van der Waals surface area contributed by atoms with Crippen LogP contribution in [0.1, 0.15) is 39.0 Å². The predicted octanol–water partition coefficient (Wildman–Crippen LogP) is 2.61. The lowest BCUT2D eigenvalue weighted by atomic mass is 9.84. The molecule has 0 heterocycles. The number of hydrogen-bond acceptors (Lipinski definition) is 2. The normalized spacial score (nSPS) is 22.7. The van der Waals surface area contributed by atoms with Crippen molar-refractivity contribution < 1.29 is 27.9 Å². The zero-order valence-electron chi connectivity index (χ0n) is 11.9. The molecule has 2 atom stereocenters. The van der Waals surface area contributed by atoms with Crippen LogP contribution in [0.2, 0.25) is 0 Å². The number of carbonyl (C=O) groups excluding carboxylic acids is 1. The molecule has 0 aromatic rings. The number of nitrogens with one attached hydrogen (secondary N) is 1. The minimum absolute atomic E-state index is 0.0181. The van der Waals surface area contributed by atoms with Gasteiger partial charge < -0.3 is 15.3 Å². The SMILES string of the molecule is CCCN(CC(F)(F)F)C(=O)NC1CCCCC1C(=O)O. The van der Waals surface area contributed by atoms with E-state index in [0.29, 0.717) is 24.2 Å². The van der Waals surface area contributed by atoms with E-state index in [1.165, 1.54) is 0 Å². The van der Waals surface area contributed by atoms with Gasteiger partial charge >= 0.3 is 18.2 Å². The molecule has 0 aromatic heterocycles. The summed E-state index contributed by atoms with van der Waals surface area (Å²) in [5.41, 5.74) is 0. The lowest BCUT2D eigenvalue weighted by Gasteiger charge is -2.32. The van der Waals surface area contributed by atoms with Crippen molar-refractivity contribution in [2.45, 2.75) is 51.2 Å². The zero-order chi connectivity index (χ0) is 16.0. The molecule has 2 N–H and O–H groups in total. The van der Waals surface area contributed by atoms with Gasteiger partial charge in [-0.05, 0) is 19.3 Å². The predicted molar refractivity (Wildman–Crippen MR) is 69.8 cm³/mol. The first kappa shape index (κ1) is 17.6. The van der Waals surface area contributed by atoms with Crippen LogP contribution in [0.3, 0.4) is 0 Å². The fraction of sp³-hybridized carbons (Fsp3) is 0.846. The van der Waals surface area contributed by atoms with Gasteiger partial charge in [0.15, 0.2) is 0 Å². The van der Waals surface area contributed by atoms with Crippen LogP contribution in [-0.4, -0.2) is 47.3 Å². The molecule has 21 heavy (non-hydrogen) atoms. The topological polar surface area (TPSA) is 69.6 Å². The van der Waals surface area contributed by atoms with E-state index < -0.39 is 36.7 Å². The van der Waals surface area contributed by atoms with Crippen LogP contribution < -0.4 is 5.32 Å². The molecule has 8 heteroatoms. The maximum atomic E-state index is 12.5. The lowest BCUT2D eigenvalue weighted by Crippen LogP contribution is -2.52. The Morgan fingerprint density at radius 1 is 1.29 bits per heavy atom. The Hall–Kier alpha value is -1.47. The molecular formula is C13H21F3N2O3. The molecule has 1 aliphatic carbocycles. The van der Waals surface area contributed by atoms with Crippen molar-refractivity contribution in [1.82, 2.24) is 10.2 Å². The molecule has 1 aliphatic rings. The number of carboxylic acid groups (broad SMARTS) is 1. The van der Waals surface area contributed by atoms with Crippen molar-refractivity contribution in [3.63, 3.8) is 0 Å². The highest BCUT2D eigenvalue weighted by molar-refractivity contribution is 5.77. The van der Waals surface area contributed by atoms with Gasteiger partial charge in [-0.3, -0.25) is 4.79 Å². The molecule has 5 nitrogen and oxygen atoms in total. The number of halogens is 3. The zero-order valence-corrected chi connectivity index (χ0v) is 11.9. The van der Waals surface area contributed by atoms with E-state index in [1.807, 2.05) is 0 Å². The molecule has 1 fully saturated rings. The number of rotatable bonds is 5. The molecule has 2 amide bonds. The van der Waals surface area contributed by atoms with Gasteiger partial charge in [0, 0.05) is 12.6 Å². The summed E-state index contributed by atoms with van der Waals surface area (Å²) in [6.45, 7) is 0.338. The smallest absolute Gasteiger partial charge is 0.406 e. The van der Waals surface area contributed by atoms with Crippen molar-refractivity contribution in [3.8, 4) is 0 Å². The Morgan fingerprint density at radius 3 is 2.43 bits per heavy atom. The second-order valence-corrected chi connectivity index (χ2v) is 5.32. The number of amides is 2. The molecule has 0 saturated heterocycles. The van der Waals surface area contributed by atoms with Crippen LogP contribution in [0, 0.1) is 5.92 Å². The van der Waals surface area contributed by atoms with Gasteiger partial charge in [0.05, 0.1) is 5.92 Å². The van der Waals surface area contributed by atoms with Crippen LogP contribution in [0.4, 0.5) is 18.0 Å². The third-order valence-electron chi connectivity index (χ3n) is 3.54. The van der Waals surface area contributed by atoms with Gasteiger partial charge in [0.25, 0.3) is 0 Å². The van der Waals surface area contributed by atoms with E-state index in [-0.39, 0.29) is 6.54 Å². The molecule has 0 aliphatic heterocycles. The first-order chi connectivity index (χ1) is 9.74. The Bertz CT molecular complexity index is 374. The summed E-state index contributed by atoms with van der Waals surface area (Å²) in [7, 11) is 0. The van der Waals surface area contributed by atoms with Crippen molar-refractivity contribution in [2.75, 3.05) is 13.1 Å². The van der Waals surface area contributed by atoms with Crippen LogP contribution in [-0.2, 0) is 4.79 Å². The van der Waals surface area contributed by atoms with Gasteiger partial charge in [0.1, 0.15) is 6.54 Å². The van der Waals surface area contributed by atoms with Gasteiger partial charge in [-0.2, -0.15) is 13.2 Å². The monoisotopic (exact) mass is 310 g/mol. The number of alkyl halides is 3. The second-order valence-electron chi connectivity index (χ2n) is 5.32. The summed E-state index contributed by atoms with van der Waals surface area (Å²) in [6, 6.07) is -1.44. The maximum absolute atomic E-state index is 12.5. The molecule has 0 aromatic carbocycles. The summed E-state index contributed by atoms with van der Waals surface area (Å²) in [6.07, 6.45) is -1.63. The van der Waals surface area contributed by atoms with Crippen molar-refractivity contribution in [1.29, 1.82) is 0 Å². The van der Waals surface area contributed by atoms with E-state index in [9.17, 15) is 22.8 Å². The molecule has 1 rings (SSSR count). The van der Waals surface area contributed by atoms with Gasteiger partial charge in [-0.25, -0.2) is 4.79 Å². The molecule has 2 unspecified atom stereocenters. The second kappa shape index (κ2) is 7.51. The average Bonchev–Trinajstić information content (AvgIpc) is 2.37. The van der Waals surface area contributed by atoms with E-state index in [0.717, 1.165) is 12.8 Å². The highest BCUT2D eigenvalue weighted by Gasteiger charge is 2.36. The van der Waals surface area contributed by atoms with E-state index in [4.69, 9.17) is 5.11 Å². The number of carbonyl (C=O) groups is 2. The van der Waals surface area contributed by atoms with E-state index in [2.05, 4.69) is 5.32 Å². The van der Waals surface area contributed by atoms with Gasteiger partial charge in [-0.1, -0.05) is 19.8 Å². The van der Waals surface area contributed by atoms with E-state index in [1.54, 1.807) is 6.92 Å². The Kier molecular flexibility index (Phi) is 6.29. The molecule has 0 spiro atoms. The summed E-state index contributed by atoms with van der Waals surface area (Å²) >= 11 is 0. The fourth-order valence-electron chi connectivity index (χ4n) is 2.59. The molecule has 122 valence electrons. The quantitative estimate of drug-likeness (QED) is 0.820. The number of hydrogen-bond donors (Lipinski definition) is 2. The van der Waals surface area contributed by atoms with Crippen LogP contribution in [0.25, 0.3) is 0 Å². The third-order valence-corrected chi connectivity index (χ3v) is 3.54. The number of aliphatic carboxylic acids is 1. The van der Waals surface area contributed by atoms with Crippen molar-refractivity contribution >= 4 is 12.0 Å². The fourth-order valence-corrected chi connectivity index (χ4v) is 2.59. The average molecular weight is 310 g/mol. The first-order valence-electron chi connectivity index (χ1n) is 7.09. The summed E-state index contributed by atoms with van der Waals surface area (Å²) in [4.78, 5) is 23.8. The van der Waals surface area contributed by atoms with Gasteiger partial charge in [0.2, 0.25) is 0 Å². The molecule has 1 saturated carbocycles. The van der Waals surface area contributed by atoms with Crippen LogP contribution >= 0.6 is 0 Å². The van der Waals surface area contributed by atoms with E-state index >= 15 is 0 Å². The highest BCUT2D eigenvalue weighted by Crippen LogP contribution is 2.25. The summed E-state index contributed by atoms with van der Waals surface area (Å²) < 4.78 is 37.4. The van der Waals surface area contributed by atoms with Crippen molar-refractivity contribution in [2.24, 2.45) is 5.92 Å². The van der Waals surface area contributed by atoms with Crippen molar-refractivity contribution in [3.05, 3.63) is 0 Å². The molecule has 0 radical (unpaired) electrons. The molecular weight excluding hydrogens is 289 g/mol. The summed E-state index contributed by atoms with van der Waals surface area (Å²) in [5, 5.41) is 11.6. The third kappa shape index (κ3) is 5.81. The lowest BCUT2D eigenvalue weighted by molar-refractivity contribution is -0.144. The Balaban J connectivity index is 2.68. The standard InChI is InChI=1S/C13H21F3N2O3/c1-2-7-18(8-13(14,15)16)12(21)17-10-6-4-3-5-9(10)11(19)20/h9-10H,2-8H2,1H3,(H,17,21)(H,19,20). The maximum Gasteiger partial charge on any atom is 0.406 e. The van der Waals surface area contributed by atoms with Crippen LogP contribution in [0.15, 0.2) is 0 Å². The largest absolute Gasteiger partial charge is 0.481 e. The first-order valence-corrected chi connectivity index (χ1v) is 7.09. The Morgan fingerprint density at radius 2 is 1.90 bits per heavy atom. The highest BCUT2D eigenvalue weighted by atomic mass is 19.4. The van der Waals surface area contributed by atoms with Crippen LogP contribution in [0.5, 0.6) is 0 Å². The molecule has 0 bridgehead atoms.